The van der Waals surface area contributed by atoms with Crippen molar-refractivity contribution in [1.29, 1.82) is 0 Å². The van der Waals surface area contributed by atoms with Crippen molar-refractivity contribution in [2.75, 3.05) is 19.6 Å². The quantitative estimate of drug-likeness (QED) is 0.319. The summed E-state index contributed by atoms with van der Waals surface area (Å²) in [4.78, 5) is 34.6. The minimum absolute atomic E-state index is 0.129. The molecule has 5 rings (SSSR count). The zero-order valence-electron chi connectivity index (χ0n) is 23.4. The number of carboxylic acid groups (broad SMARTS) is 1. The Morgan fingerprint density at radius 3 is 2.10 bits per heavy atom. The van der Waals surface area contributed by atoms with E-state index in [0.717, 1.165) is 57.1 Å². The summed E-state index contributed by atoms with van der Waals surface area (Å²) in [5.41, 5.74) is 2.50. The normalized spacial score (nSPS) is 19.9. The molecule has 1 aromatic carbocycles. The van der Waals surface area contributed by atoms with Gasteiger partial charge in [-0.05, 0) is 61.7 Å². The number of hydrogen-bond acceptors (Lipinski definition) is 6. The molecule has 2 aliphatic rings. The number of aromatic amines is 2. The minimum Gasteiger partial charge on any atom is -0.480 e. The van der Waals surface area contributed by atoms with E-state index in [0.29, 0.717) is 25.7 Å². The van der Waals surface area contributed by atoms with Crippen molar-refractivity contribution in [1.82, 2.24) is 34.6 Å². The molecule has 1 atom stereocenters. The first-order valence-electron chi connectivity index (χ1n) is 14.4. The van der Waals surface area contributed by atoms with Gasteiger partial charge in [0.2, 0.25) is 0 Å². The van der Waals surface area contributed by atoms with Crippen LogP contribution in [0, 0.1) is 5.41 Å². The third-order valence-electron chi connectivity index (χ3n) is 8.88. The predicted octanol–water partition coefficient (Wildman–Crippen LogP) is 4.26. The van der Waals surface area contributed by atoms with Crippen LogP contribution in [-0.4, -0.2) is 77.4 Å². The molecule has 9 nitrogen and oxygen atoms in total. The fraction of sp³-hybridized carbons (Fsp3) is 0.567. The number of benzene rings is 1. The molecule has 0 unspecified atom stereocenters. The largest absolute Gasteiger partial charge is 0.480 e. The predicted molar refractivity (Wildman–Crippen MR) is 151 cm³/mol. The first kappa shape index (κ1) is 27.6. The van der Waals surface area contributed by atoms with E-state index in [1.807, 2.05) is 12.4 Å². The molecule has 0 amide bonds. The van der Waals surface area contributed by atoms with Gasteiger partial charge in [-0.2, -0.15) is 0 Å². The lowest BCUT2D eigenvalue weighted by Gasteiger charge is -2.42. The highest BCUT2D eigenvalue weighted by Crippen LogP contribution is 2.44. The first-order valence-corrected chi connectivity index (χ1v) is 14.4. The van der Waals surface area contributed by atoms with E-state index in [1.165, 1.54) is 24.0 Å². The Morgan fingerprint density at radius 2 is 1.59 bits per heavy atom. The van der Waals surface area contributed by atoms with Gasteiger partial charge >= 0.3 is 5.97 Å². The van der Waals surface area contributed by atoms with E-state index in [9.17, 15) is 9.90 Å². The van der Waals surface area contributed by atoms with Gasteiger partial charge in [0.25, 0.3) is 0 Å². The molecular weight excluding hydrogens is 490 g/mol. The maximum Gasteiger partial charge on any atom is 0.320 e. The molecule has 2 aromatic heterocycles. The second kappa shape index (κ2) is 12.4. The van der Waals surface area contributed by atoms with Crippen molar-refractivity contribution in [2.24, 2.45) is 5.41 Å². The highest BCUT2D eigenvalue weighted by Gasteiger charge is 2.48. The number of nitrogens with zero attached hydrogens (tertiary/aromatic N) is 5. The van der Waals surface area contributed by atoms with Gasteiger partial charge in [0, 0.05) is 50.5 Å². The number of rotatable bonds is 12. The summed E-state index contributed by atoms with van der Waals surface area (Å²) < 4.78 is 0. The number of carbonyl (C=O) groups is 1. The van der Waals surface area contributed by atoms with E-state index < -0.39 is 12.0 Å². The fourth-order valence-corrected chi connectivity index (χ4v) is 6.69. The van der Waals surface area contributed by atoms with Crippen LogP contribution in [0.5, 0.6) is 0 Å². The van der Waals surface area contributed by atoms with Crippen LogP contribution in [0.3, 0.4) is 0 Å². The molecule has 9 heteroatoms. The Balaban J connectivity index is 1.21. The third kappa shape index (κ3) is 6.77. The van der Waals surface area contributed by atoms with Crippen LogP contribution in [0.2, 0.25) is 0 Å². The highest BCUT2D eigenvalue weighted by atomic mass is 16.4. The van der Waals surface area contributed by atoms with Crippen LogP contribution in [0.4, 0.5) is 0 Å². The molecule has 0 saturated carbocycles. The van der Waals surface area contributed by atoms with Crippen LogP contribution in [0.25, 0.3) is 0 Å². The molecule has 2 saturated heterocycles. The first-order chi connectivity index (χ1) is 19.0. The topological polar surface area (TPSA) is 104 Å². The average Bonchev–Trinajstić information content (AvgIpc) is 3.70. The molecule has 0 radical (unpaired) electrons. The number of aliphatic carboxylic acids is 1. The number of piperidine rings is 1. The molecule has 210 valence electrons. The number of H-pyrrole nitrogens is 2. The summed E-state index contributed by atoms with van der Waals surface area (Å²) in [6.07, 6.45) is 12.6. The van der Waals surface area contributed by atoms with Crippen LogP contribution in [-0.2, 0) is 31.0 Å². The minimum atomic E-state index is -0.683. The lowest BCUT2D eigenvalue weighted by molar-refractivity contribution is -0.142. The number of aromatic nitrogens is 4. The van der Waals surface area contributed by atoms with Gasteiger partial charge in [-0.25, -0.2) is 9.97 Å². The monoisotopic (exact) mass is 533 g/mol. The van der Waals surface area contributed by atoms with E-state index in [2.05, 4.69) is 72.7 Å². The SMILES string of the molecule is CCC(CC)N1CCC2(CC1)C[C@H](C(=O)O)N(Cc1ccc(CN(Cc3ncc[nH]3)Cc3ncc[nH]3)cc1)C2. The number of likely N-dealkylation sites (tertiary alicyclic amines) is 2. The Hall–Kier alpha value is -3.01. The maximum absolute atomic E-state index is 12.3. The average molecular weight is 534 g/mol. The standard InChI is InChI=1S/C30H43N7O2/c1-3-25(4-2)36-15-9-30(10-16-36)17-26(29(38)39)37(22-30)19-24-7-5-23(6-8-24)18-35(20-27-31-11-12-32-27)21-28-33-13-14-34-28/h5-8,11-14,25-26H,3-4,9-10,15-22H2,1-2H3,(H,31,32)(H,33,34)(H,38,39)/t26-/m1/s1. The summed E-state index contributed by atoms with van der Waals surface area (Å²) in [5, 5.41) is 10.1. The van der Waals surface area contributed by atoms with Gasteiger partial charge in [-0.15, -0.1) is 0 Å². The number of carboxylic acids is 1. The van der Waals surface area contributed by atoms with Gasteiger partial charge in [0.15, 0.2) is 0 Å². The Bertz CT molecular complexity index is 1110. The second-order valence-corrected chi connectivity index (χ2v) is 11.5. The van der Waals surface area contributed by atoms with Gasteiger partial charge in [-0.3, -0.25) is 14.6 Å². The van der Waals surface area contributed by atoms with Crippen LogP contribution < -0.4 is 0 Å². The second-order valence-electron chi connectivity index (χ2n) is 11.5. The highest BCUT2D eigenvalue weighted by molar-refractivity contribution is 5.74. The summed E-state index contributed by atoms with van der Waals surface area (Å²) in [7, 11) is 0. The zero-order valence-corrected chi connectivity index (χ0v) is 23.4. The summed E-state index contributed by atoms with van der Waals surface area (Å²) in [5.74, 6) is 1.16. The fourth-order valence-electron chi connectivity index (χ4n) is 6.69. The summed E-state index contributed by atoms with van der Waals surface area (Å²) >= 11 is 0. The maximum atomic E-state index is 12.3. The Labute approximate surface area is 231 Å². The molecule has 2 aliphatic heterocycles. The van der Waals surface area contributed by atoms with Crippen LogP contribution in [0.15, 0.2) is 49.1 Å². The Morgan fingerprint density at radius 1 is 1.00 bits per heavy atom. The van der Waals surface area contributed by atoms with E-state index in [4.69, 9.17) is 0 Å². The zero-order chi connectivity index (χ0) is 27.2. The summed E-state index contributed by atoms with van der Waals surface area (Å²) in [6.45, 7) is 10.4. The number of hydrogen-bond donors (Lipinski definition) is 3. The van der Waals surface area contributed by atoms with E-state index in [-0.39, 0.29) is 5.41 Å². The van der Waals surface area contributed by atoms with E-state index >= 15 is 0 Å². The lowest BCUT2D eigenvalue weighted by Crippen LogP contribution is -2.45. The molecule has 3 N–H and O–H groups in total. The molecule has 4 heterocycles. The molecule has 0 aliphatic carbocycles. The van der Waals surface area contributed by atoms with Gasteiger partial charge in [-0.1, -0.05) is 38.1 Å². The van der Waals surface area contributed by atoms with Crippen molar-refractivity contribution in [3.05, 3.63) is 71.8 Å². The van der Waals surface area contributed by atoms with Crippen LogP contribution in [0.1, 0.15) is 68.7 Å². The molecule has 3 aromatic rings. The molecule has 2 fully saturated rings. The molecule has 0 bridgehead atoms. The van der Waals surface area contributed by atoms with Crippen LogP contribution >= 0.6 is 0 Å². The molecule has 39 heavy (non-hydrogen) atoms. The van der Waals surface area contributed by atoms with Gasteiger partial charge in [0.1, 0.15) is 17.7 Å². The van der Waals surface area contributed by atoms with E-state index in [1.54, 1.807) is 12.4 Å². The Kier molecular flexibility index (Phi) is 8.79. The smallest absolute Gasteiger partial charge is 0.320 e. The van der Waals surface area contributed by atoms with Gasteiger partial charge < -0.3 is 20.0 Å². The van der Waals surface area contributed by atoms with Crippen molar-refractivity contribution < 1.29 is 9.90 Å². The van der Waals surface area contributed by atoms with Crippen molar-refractivity contribution in [2.45, 2.75) is 84.2 Å². The third-order valence-corrected chi connectivity index (χ3v) is 8.88. The molecular formula is C30H43N7O2. The lowest BCUT2D eigenvalue weighted by atomic mass is 9.76. The van der Waals surface area contributed by atoms with Crippen molar-refractivity contribution in [3.63, 3.8) is 0 Å². The van der Waals surface area contributed by atoms with Gasteiger partial charge in [0.05, 0.1) is 13.1 Å². The number of imidazole rings is 2. The molecule has 1 spiro atoms. The summed E-state index contributed by atoms with van der Waals surface area (Å²) in [6, 6.07) is 8.91. The van der Waals surface area contributed by atoms with Crippen molar-refractivity contribution in [3.8, 4) is 0 Å². The number of nitrogens with one attached hydrogen (secondary N) is 2. The van der Waals surface area contributed by atoms with Crippen molar-refractivity contribution >= 4 is 5.97 Å².